The number of nitrogens with two attached hydrogens (primary N) is 1. The Bertz CT molecular complexity index is 1530. The number of benzene rings is 1. The van der Waals surface area contributed by atoms with Crippen LogP contribution in [0.25, 0.3) is 26.8 Å². The van der Waals surface area contributed by atoms with Crippen LogP contribution in [0.3, 0.4) is 0 Å². The third kappa shape index (κ3) is 5.52. The van der Waals surface area contributed by atoms with E-state index in [9.17, 15) is 4.79 Å². The molecule has 0 saturated carbocycles. The summed E-state index contributed by atoms with van der Waals surface area (Å²) in [7, 11) is 0. The van der Waals surface area contributed by atoms with Gasteiger partial charge in [0.1, 0.15) is 17.8 Å². The van der Waals surface area contributed by atoms with Gasteiger partial charge in [0.25, 0.3) is 0 Å². The molecule has 2 unspecified atom stereocenters. The molecule has 39 heavy (non-hydrogen) atoms. The molecule has 6 rings (SSSR count). The van der Waals surface area contributed by atoms with Crippen LogP contribution in [-0.2, 0) is 4.79 Å². The molecule has 1 saturated heterocycles. The molecule has 0 spiro atoms. The second-order valence-corrected chi connectivity index (χ2v) is 12.4. The van der Waals surface area contributed by atoms with Crippen LogP contribution in [0.2, 0.25) is 0 Å². The van der Waals surface area contributed by atoms with Gasteiger partial charge in [0, 0.05) is 44.1 Å². The number of rotatable bonds is 6. The second-order valence-electron chi connectivity index (χ2n) is 10.9. The summed E-state index contributed by atoms with van der Waals surface area (Å²) in [6.07, 6.45) is 4.34. The molecule has 4 aromatic rings. The highest BCUT2D eigenvalue weighted by molar-refractivity contribution is 7.80. The topological polar surface area (TPSA) is 128 Å². The van der Waals surface area contributed by atoms with Crippen molar-refractivity contribution in [3.8, 4) is 0 Å². The Hall–Kier alpha value is -3.03. The summed E-state index contributed by atoms with van der Waals surface area (Å²) in [5.74, 6) is 0.907. The highest BCUT2D eigenvalue weighted by Crippen LogP contribution is 2.31. The number of aromatic nitrogens is 4. The van der Waals surface area contributed by atoms with Crippen molar-refractivity contribution >= 4 is 68.2 Å². The van der Waals surface area contributed by atoms with Crippen molar-refractivity contribution in [1.82, 2.24) is 35.1 Å². The maximum atomic E-state index is 13.5. The summed E-state index contributed by atoms with van der Waals surface area (Å²) in [5, 5.41) is 7.59. The molecule has 0 radical (unpaired) electrons. The summed E-state index contributed by atoms with van der Waals surface area (Å²) in [6, 6.07) is 8.19. The molecule has 0 bridgehead atoms. The minimum Gasteiger partial charge on any atom is -0.340 e. The first-order valence-corrected chi connectivity index (χ1v) is 14.5. The van der Waals surface area contributed by atoms with E-state index in [4.69, 9.17) is 5.73 Å². The monoisotopic (exact) mass is 563 g/mol. The molecule has 12 heteroatoms. The number of nitrogens with zero attached hydrogens (tertiary/aromatic N) is 5. The maximum Gasteiger partial charge on any atom is 0.229 e. The Labute approximate surface area is 236 Å². The van der Waals surface area contributed by atoms with E-state index in [1.807, 2.05) is 36.4 Å². The molecule has 1 aromatic carbocycles. The van der Waals surface area contributed by atoms with Crippen molar-refractivity contribution in [1.29, 1.82) is 0 Å². The molecule has 2 aliphatic heterocycles. The fourth-order valence-electron chi connectivity index (χ4n) is 5.51. The third-order valence-corrected chi connectivity index (χ3v) is 8.46. The Kier molecular flexibility index (Phi) is 7.06. The molecule has 5 heterocycles. The van der Waals surface area contributed by atoms with E-state index in [1.165, 1.54) is 5.57 Å². The summed E-state index contributed by atoms with van der Waals surface area (Å²) in [5.41, 5.74) is 12.3. The molecule has 5 N–H and O–H groups in total. The number of thiazole rings is 1. The molecule has 1 fully saturated rings. The van der Waals surface area contributed by atoms with Crippen molar-refractivity contribution in [2.45, 2.75) is 31.8 Å². The Balaban J connectivity index is 1.15. The number of carbonyl (C=O) groups excluding carboxylic acids is 1. The summed E-state index contributed by atoms with van der Waals surface area (Å²) >= 11 is 6.15. The number of anilines is 2. The first-order valence-electron chi connectivity index (χ1n) is 13.1. The van der Waals surface area contributed by atoms with Gasteiger partial charge in [-0.05, 0) is 50.1 Å². The fourth-order valence-corrected chi connectivity index (χ4v) is 6.65. The summed E-state index contributed by atoms with van der Waals surface area (Å²) < 4.78 is 1.12. The Morgan fingerprint density at radius 3 is 2.92 bits per heavy atom. The quantitative estimate of drug-likeness (QED) is 0.226. The lowest BCUT2D eigenvalue weighted by atomic mass is 9.89. The Morgan fingerprint density at radius 2 is 2.13 bits per heavy atom. The van der Waals surface area contributed by atoms with Crippen molar-refractivity contribution in [2.75, 3.05) is 38.0 Å². The van der Waals surface area contributed by atoms with E-state index in [0.717, 1.165) is 51.4 Å². The van der Waals surface area contributed by atoms with Gasteiger partial charge in [0.05, 0.1) is 38.1 Å². The van der Waals surface area contributed by atoms with E-state index in [-0.39, 0.29) is 17.4 Å². The molecule has 204 valence electrons. The minimum absolute atomic E-state index is 0.0128. The third-order valence-electron chi connectivity index (χ3n) is 7.35. The highest BCUT2D eigenvalue weighted by Gasteiger charge is 2.36. The average Bonchev–Trinajstić information content (AvgIpc) is 3.55. The molecular formula is C27H33N9OS2. The number of carbonyl (C=O) groups is 1. The van der Waals surface area contributed by atoms with Gasteiger partial charge in [-0.1, -0.05) is 6.08 Å². The van der Waals surface area contributed by atoms with Gasteiger partial charge in [-0.25, -0.2) is 15.0 Å². The molecular weight excluding hydrogens is 530 g/mol. The first kappa shape index (κ1) is 26.2. The van der Waals surface area contributed by atoms with Crippen LogP contribution in [-0.4, -0.2) is 79.9 Å². The number of H-pyrrole nitrogens is 1. The van der Waals surface area contributed by atoms with Crippen LogP contribution in [0.1, 0.15) is 26.0 Å². The molecule has 2 atom stereocenters. The van der Waals surface area contributed by atoms with Crippen LogP contribution in [0.15, 0.2) is 42.2 Å². The zero-order valence-corrected chi connectivity index (χ0v) is 23.7. The Morgan fingerprint density at radius 1 is 1.26 bits per heavy atom. The number of hydrogen-bond donors (Lipinski definition) is 5. The van der Waals surface area contributed by atoms with Crippen molar-refractivity contribution in [3.63, 3.8) is 0 Å². The van der Waals surface area contributed by atoms with E-state index < -0.39 is 5.41 Å². The van der Waals surface area contributed by atoms with Gasteiger partial charge in [0.15, 0.2) is 0 Å². The number of hydrogen-bond acceptors (Lipinski definition) is 10. The van der Waals surface area contributed by atoms with Crippen LogP contribution < -0.4 is 16.4 Å². The van der Waals surface area contributed by atoms with E-state index in [0.29, 0.717) is 26.2 Å². The SMILES string of the molecule is CC(C)(CN1CC(N)NC(S)C1)C(=O)N1CC=C(c2cc3c(Nc4ccc5ncsc5c4)ncnc3[nH]2)CC1. The predicted octanol–water partition coefficient (Wildman–Crippen LogP) is 3.40. The van der Waals surface area contributed by atoms with Crippen LogP contribution in [0.4, 0.5) is 11.5 Å². The van der Waals surface area contributed by atoms with E-state index in [2.05, 4.69) is 66.3 Å². The maximum absolute atomic E-state index is 13.5. The average molecular weight is 564 g/mol. The predicted molar refractivity (Wildman–Crippen MR) is 160 cm³/mol. The van der Waals surface area contributed by atoms with Crippen molar-refractivity contribution < 1.29 is 4.79 Å². The molecule has 3 aromatic heterocycles. The number of thiol groups is 1. The zero-order valence-electron chi connectivity index (χ0n) is 22.0. The zero-order chi connectivity index (χ0) is 27.1. The normalized spacial score (nSPS) is 20.9. The van der Waals surface area contributed by atoms with Gasteiger partial charge < -0.3 is 20.9 Å². The number of nitrogens with one attached hydrogen (secondary N) is 3. The van der Waals surface area contributed by atoms with Gasteiger partial charge in [0.2, 0.25) is 5.91 Å². The standard InChI is InChI=1S/C27H33N9OS2/c1-27(2,13-35-11-22(28)34-23(38)12-35)26(37)36-7-5-16(6-8-36)20-10-18-24(29-14-30-25(18)33-20)32-17-3-4-19-21(9-17)39-15-31-19/h3-5,9-10,14-15,22-23,34,38H,6-8,11-13,28H2,1-2H3,(H2,29,30,32,33). The number of amides is 1. The first-order chi connectivity index (χ1) is 18.7. The lowest BCUT2D eigenvalue weighted by Gasteiger charge is -2.41. The molecule has 10 nitrogen and oxygen atoms in total. The lowest BCUT2D eigenvalue weighted by Crippen LogP contribution is -2.60. The van der Waals surface area contributed by atoms with Gasteiger partial charge >= 0.3 is 0 Å². The second kappa shape index (κ2) is 10.5. The van der Waals surface area contributed by atoms with Crippen LogP contribution in [0.5, 0.6) is 0 Å². The van der Waals surface area contributed by atoms with Crippen LogP contribution in [0, 0.1) is 5.41 Å². The van der Waals surface area contributed by atoms with Crippen molar-refractivity contribution in [2.24, 2.45) is 11.1 Å². The summed E-state index contributed by atoms with van der Waals surface area (Å²) in [6.45, 7) is 7.41. The van der Waals surface area contributed by atoms with Gasteiger partial charge in [-0.2, -0.15) is 12.6 Å². The summed E-state index contributed by atoms with van der Waals surface area (Å²) in [4.78, 5) is 34.4. The van der Waals surface area contributed by atoms with Crippen LogP contribution >= 0.6 is 24.0 Å². The minimum atomic E-state index is -0.518. The van der Waals surface area contributed by atoms with Gasteiger partial charge in [-0.3, -0.25) is 15.0 Å². The largest absolute Gasteiger partial charge is 0.340 e. The smallest absolute Gasteiger partial charge is 0.229 e. The van der Waals surface area contributed by atoms with Gasteiger partial charge in [-0.15, -0.1) is 11.3 Å². The number of piperazine rings is 1. The fraction of sp³-hybridized carbons (Fsp3) is 0.407. The van der Waals surface area contributed by atoms with E-state index >= 15 is 0 Å². The lowest BCUT2D eigenvalue weighted by molar-refractivity contribution is -0.141. The van der Waals surface area contributed by atoms with Crippen molar-refractivity contribution in [3.05, 3.63) is 47.9 Å². The van der Waals surface area contributed by atoms with E-state index in [1.54, 1.807) is 17.7 Å². The number of aromatic amines is 1. The molecule has 1 amide bonds. The highest BCUT2D eigenvalue weighted by atomic mass is 32.1. The molecule has 0 aliphatic carbocycles. The molecule has 2 aliphatic rings. The number of fused-ring (bicyclic) bond motifs is 2.